The van der Waals surface area contributed by atoms with Gasteiger partial charge in [-0.2, -0.15) is 5.10 Å². The molecule has 2 unspecified atom stereocenters. The van der Waals surface area contributed by atoms with Crippen molar-refractivity contribution >= 4 is 68.5 Å². The fraction of sp³-hybridized carbons (Fsp3) is 0.524. The summed E-state index contributed by atoms with van der Waals surface area (Å²) in [5.74, 6) is 0.372. The molecular weight excluding hydrogens is 574 g/mol. The molecule has 2 atom stereocenters. The Morgan fingerprint density at radius 1 is 1.26 bits per heavy atom. The standard InChI is InChI=1S/C21H26BrN7O3S3/c1-9(2)6-23-18(31)16-12(8-34-21-26-25-11(4)35-21)7-33-20-15(19(32)29(16)20)24-17(30)14-13(22)10(3)28(5)27-14/h9,15,20H,6-8H2,1-5H3,(H,23,31)(H,24,30). The van der Waals surface area contributed by atoms with E-state index in [0.717, 1.165) is 20.6 Å². The Kier molecular flexibility index (Phi) is 7.93. The number of rotatable bonds is 8. The Hall–Kier alpha value is -1.90. The van der Waals surface area contributed by atoms with Gasteiger partial charge in [-0.15, -0.1) is 22.0 Å². The summed E-state index contributed by atoms with van der Waals surface area (Å²) < 4.78 is 3.02. The van der Waals surface area contributed by atoms with Crippen LogP contribution in [0.3, 0.4) is 0 Å². The maximum atomic E-state index is 13.2. The molecule has 2 aromatic heterocycles. The first-order valence-electron chi connectivity index (χ1n) is 11.0. The van der Waals surface area contributed by atoms with Crippen molar-refractivity contribution in [3.63, 3.8) is 0 Å². The Morgan fingerprint density at radius 2 is 2.00 bits per heavy atom. The summed E-state index contributed by atoms with van der Waals surface area (Å²) in [5, 5.41) is 18.7. The highest BCUT2D eigenvalue weighted by Gasteiger charge is 2.54. The number of β-lactam (4-membered cyclic amide) rings is 1. The number of aryl methyl sites for hydroxylation is 2. The number of thioether (sulfide) groups is 2. The molecule has 4 rings (SSSR count). The van der Waals surface area contributed by atoms with Crippen molar-refractivity contribution in [2.75, 3.05) is 18.1 Å². The van der Waals surface area contributed by atoms with Crippen LogP contribution in [-0.4, -0.2) is 72.1 Å². The Labute approximate surface area is 224 Å². The summed E-state index contributed by atoms with van der Waals surface area (Å²) in [6, 6.07) is -0.727. The number of nitrogens with one attached hydrogen (secondary N) is 2. The minimum absolute atomic E-state index is 0.229. The van der Waals surface area contributed by atoms with Gasteiger partial charge in [0.1, 0.15) is 22.1 Å². The predicted molar refractivity (Wildman–Crippen MR) is 140 cm³/mol. The van der Waals surface area contributed by atoms with Crippen molar-refractivity contribution < 1.29 is 14.4 Å². The third kappa shape index (κ3) is 5.30. The van der Waals surface area contributed by atoms with Gasteiger partial charge in [-0.05, 0) is 41.3 Å². The van der Waals surface area contributed by atoms with E-state index in [9.17, 15) is 14.4 Å². The fourth-order valence-electron chi connectivity index (χ4n) is 3.61. The van der Waals surface area contributed by atoms with Crippen LogP contribution in [0, 0.1) is 19.8 Å². The molecule has 2 aliphatic rings. The van der Waals surface area contributed by atoms with Crippen LogP contribution in [-0.2, 0) is 16.6 Å². The molecule has 1 saturated heterocycles. The molecular formula is C21H26BrN7O3S3. The Morgan fingerprint density at radius 3 is 2.60 bits per heavy atom. The first kappa shape index (κ1) is 26.2. The van der Waals surface area contributed by atoms with E-state index in [-0.39, 0.29) is 28.8 Å². The molecule has 0 bridgehead atoms. The third-order valence-electron chi connectivity index (χ3n) is 5.57. The number of nitrogens with zero attached hydrogens (tertiary/aromatic N) is 5. The van der Waals surface area contributed by atoms with E-state index >= 15 is 0 Å². The molecule has 188 valence electrons. The van der Waals surface area contributed by atoms with E-state index in [4.69, 9.17) is 0 Å². The Bertz CT molecular complexity index is 1210. The molecule has 4 heterocycles. The van der Waals surface area contributed by atoms with Gasteiger partial charge < -0.3 is 10.6 Å². The molecule has 2 aliphatic heterocycles. The van der Waals surface area contributed by atoms with E-state index in [0.29, 0.717) is 28.2 Å². The summed E-state index contributed by atoms with van der Waals surface area (Å²) in [7, 11) is 1.75. The first-order valence-corrected chi connectivity index (χ1v) is 14.6. The average molecular weight is 601 g/mol. The highest BCUT2D eigenvalue weighted by Crippen LogP contribution is 2.42. The van der Waals surface area contributed by atoms with Gasteiger partial charge in [-0.25, -0.2) is 0 Å². The lowest BCUT2D eigenvalue weighted by molar-refractivity contribution is -0.145. The van der Waals surface area contributed by atoms with E-state index in [1.165, 1.54) is 39.8 Å². The van der Waals surface area contributed by atoms with Crippen LogP contribution in [0.25, 0.3) is 0 Å². The van der Waals surface area contributed by atoms with Gasteiger partial charge in [0.25, 0.3) is 17.7 Å². The minimum Gasteiger partial charge on any atom is -0.351 e. The normalized spacial score (nSPS) is 19.6. The monoisotopic (exact) mass is 599 g/mol. The number of halogens is 1. The number of fused-ring (bicyclic) bond motifs is 1. The van der Waals surface area contributed by atoms with Gasteiger partial charge in [0.05, 0.1) is 10.2 Å². The van der Waals surface area contributed by atoms with Gasteiger partial charge in [-0.3, -0.25) is 24.0 Å². The number of carbonyl (C=O) groups is 3. The average Bonchev–Trinajstić information content (AvgIpc) is 3.36. The number of hydrogen-bond acceptors (Lipinski definition) is 9. The summed E-state index contributed by atoms with van der Waals surface area (Å²) >= 11 is 7.94. The fourth-order valence-corrected chi connectivity index (χ4v) is 7.43. The van der Waals surface area contributed by atoms with Gasteiger partial charge in [0.15, 0.2) is 10.0 Å². The maximum Gasteiger partial charge on any atom is 0.273 e. The van der Waals surface area contributed by atoms with Crippen molar-refractivity contribution in [2.45, 2.75) is 43.5 Å². The molecule has 0 aliphatic carbocycles. The minimum atomic E-state index is -0.727. The smallest absolute Gasteiger partial charge is 0.273 e. The summed E-state index contributed by atoms with van der Waals surface area (Å²) in [5.41, 5.74) is 2.29. The molecule has 3 amide bonds. The summed E-state index contributed by atoms with van der Waals surface area (Å²) in [6.45, 7) is 8.27. The lowest BCUT2D eigenvalue weighted by Gasteiger charge is -2.50. The number of aromatic nitrogens is 4. The van der Waals surface area contributed by atoms with Gasteiger partial charge in [-0.1, -0.05) is 36.9 Å². The second-order valence-corrected chi connectivity index (χ2v) is 13.0. The molecule has 2 aromatic rings. The van der Waals surface area contributed by atoms with Gasteiger partial charge in [0, 0.05) is 25.1 Å². The van der Waals surface area contributed by atoms with Crippen molar-refractivity contribution in [2.24, 2.45) is 13.0 Å². The molecule has 2 N–H and O–H groups in total. The van der Waals surface area contributed by atoms with Crippen LogP contribution in [0.15, 0.2) is 20.1 Å². The largest absolute Gasteiger partial charge is 0.351 e. The van der Waals surface area contributed by atoms with Crippen LogP contribution in [0.4, 0.5) is 0 Å². The summed E-state index contributed by atoms with van der Waals surface area (Å²) in [6.07, 6.45) is 0. The van der Waals surface area contributed by atoms with Crippen LogP contribution >= 0.6 is 50.8 Å². The van der Waals surface area contributed by atoms with Crippen molar-refractivity contribution in [3.05, 3.63) is 32.1 Å². The van der Waals surface area contributed by atoms with Crippen LogP contribution in [0.1, 0.15) is 35.0 Å². The quantitative estimate of drug-likeness (QED) is 0.350. The topological polar surface area (TPSA) is 122 Å². The molecule has 35 heavy (non-hydrogen) atoms. The zero-order valence-electron chi connectivity index (χ0n) is 19.9. The number of hydrogen-bond donors (Lipinski definition) is 2. The SMILES string of the molecule is Cc1nnc(SCC2=C(C(=O)NCC(C)C)N3C(=O)C(NC(=O)c4nn(C)c(C)c4Br)C3SC2)s1. The van der Waals surface area contributed by atoms with Crippen LogP contribution in [0.2, 0.25) is 0 Å². The summed E-state index contributed by atoms with van der Waals surface area (Å²) in [4.78, 5) is 40.8. The highest BCUT2D eigenvalue weighted by molar-refractivity contribution is 9.10. The number of amides is 3. The van der Waals surface area contributed by atoms with Crippen molar-refractivity contribution in [3.8, 4) is 0 Å². The predicted octanol–water partition coefficient (Wildman–Crippen LogP) is 2.48. The van der Waals surface area contributed by atoms with Crippen LogP contribution in [0.5, 0.6) is 0 Å². The molecule has 14 heteroatoms. The van der Waals surface area contributed by atoms with Gasteiger partial charge >= 0.3 is 0 Å². The second kappa shape index (κ2) is 10.6. The zero-order valence-corrected chi connectivity index (χ0v) is 24.0. The van der Waals surface area contributed by atoms with Crippen LogP contribution < -0.4 is 10.6 Å². The van der Waals surface area contributed by atoms with E-state index in [1.807, 2.05) is 27.7 Å². The van der Waals surface area contributed by atoms with Crippen molar-refractivity contribution in [1.82, 2.24) is 35.5 Å². The zero-order chi connectivity index (χ0) is 25.4. The molecule has 0 aromatic carbocycles. The lowest BCUT2D eigenvalue weighted by Crippen LogP contribution is -2.71. The molecule has 0 saturated carbocycles. The maximum absolute atomic E-state index is 13.2. The molecule has 10 nitrogen and oxygen atoms in total. The third-order valence-corrected chi connectivity index (χ3v) is 9.92. The van der Waals surface area contributed by atoms with E-state index < -0.39 is 11.9 Å². The highest BCUT2D eigenvalue weighted by atomic mass is 79.9. The molecule has 1 fully saturated rings. The second-order valence-electron chi connectivity index (χ2n) is 8.66. The van der Waals surface area contributed by atoms with Gasteiger partial charge in [0.2, 0.25) is 0 Å². The number of carbonyl (C=O) groups excluding carboxylic acids is 3. The lowest BCUT2D eigenvalue weighted by atomic mass is 10.0. The van der Waals surface area contributed by atoms with Crippen molar-refractivity contribution in [1.29, 1.82) is 0 Å². The molecule has 0 spiro atoms. The first-order chi connectivity index (χ1) is 16.6. The van der Waals surface area contributed by atoms with E-state index in [2.05, 4.69) is 41.9 Å². The van der Waals surface area contributed by atoms with E-state index in [1.54, 1.807) is 11.7 Å². The molecule has 0 radical (unpaired) electrons. The Balaban J connectivity index is 1.53.